The molecule has 150 valence electrons. The predicted octanol–water partition coefficient (Wildman–Crippen LogP) is 4.05. The summed E-state index contributed by atoms with van der Waals surface area (Å²) >= 11 is 0. The predicted molar refractivity (Wildman–Crippen MR) is 96.6 cm³/mol. The maximum atomic E-state index is 13.6. The first-order valence-corrected chi connectivity index (χ1v) is 8.22. The van der Waals surface area contributed by atoms with E-state index in [2.05, 4.69) is 15.3 Å². The van der Waals surface area contributed by atoms with E-state index in [0.29, 0.717) is 11.6 Å². The molecule has 0 aliphatic heterocycles. The summed E-state index contributed by atoms with van der Waals surface area (Å²) in [5, 5.41) is 2.48. The Labute approximate surface area is 162 Å². The van der Waals surface area contributed by atoms with E-state index in [0.717, 1.165) is 12.1 Å². The number of amides is 1. The quantitative estimate of drug-likeness (QED) is 0.624. The molecule has 0 radical (unpaired) electrons. The smallest absolute Gasteiger partial charge is 0.419 e. The Kier molecular flexibility index (Phi) is 5.62. The molecule has 1 heterocycles. The summed E-state index contributed by atoms with van der Waals surface area (Å²) < 4.78 is 58.1. The molecule has 2 aromatic carbocycles. The van der Waals surface area contributed by atoms with Crippen molar-refractivity contribution in [3.8, 4) is 5.88 Å². The third-order valence-electron chi connectivity index (χ3n) is 3.79. The zero-order valence-corrected chi connectivity index (χ0v) is 14.7. The van der Waals surface area contributed by atoms with E-state index < -0.39 is 35.6 Å². The second-order valence-corrected chi connectivity index (χ2v) is 5.83. The number of hydrogen-bond donors (Lipinski definition) is 2. The van der Waals surface area contributed by atoms with Crippen molar-refractivity contribution in [1.29, 1.82) is 0 Å². The highest BCUT2D eigenvalue weighted by Gasteiger charge is 2.36. The number of hydrogen-bond acceptors (Lipinski definition) is 5. The number of nitrogens with zero attached hydrogens (tertiary/aromatic N) is 2. The molecule has 10 heteroatoms. The molecule has 3 aromatic rings. The minimum Gasteiger partial charge on any atom is -0.470 e. The summed E-state index contributed by atoms with van der Waals surface area (Å²) in [6.45, 7) is -0.651. The van der Waals surface area contributed by atoms with Gasteiger partial charge in [0.25, 0.3) is 11.8 Å². The number of nitrogen functional groups attached to an aromatic ring is 1. The first-order valence-electron chi connectivity index (χ1n) is 8.22. The zero-order chi connectivity index (χ0) is 21.0. The fourth-order valence-electron chi connectivity index (χ4n) is 2.48. The van der Waals surface area contributed by atoms with Crippen molar-refractivity contribution in [2.24, 2.45) is 0 Å². The Morgan fingerprint density at radius 2 is 1.83 bits per heavy atom. The molecule has 6 nitrogen and oxygen atoms in total. The number of ether oxygens (including phenoxy) is 1. The van der Waals surface area contributed by atoms with E-state index in [9.17, 15) is 22.4 Å². The van der Waals surface area contributed by atoms with Crippen molar-refractivity contribution in [3.05, 3.63) is 77.2 Å². The number of halogens is 4. The normalized spacial score (nSPS) is 11.2. The standard InChI is InChI=1S/C19H14F4N4O2/c20-13-8-4-7-12(15(13)19(21,22)23)10-29-18-16(24)25-9-14(27-18)26-17(28)11-5-2-1-3-6-11/h1-9H,10H2,(H2,24,25)(H,26,27,28). The Morgan fingerprint density at radius 1 is 1.10 bits per heavy atom. The van der Waals surface area contributed by atoms with Crippen LogP contribution in [0.1, 0.15) is 21.5 Å². The molecule has 0 unspecified atom stereocenters. The van der Waals surface area contributed by atoms with Gasteiger partial charge < -0.3 is 15.8 Å². The number of anilines is 2. The first-order chi connectivity index (χ1) is 13.8. The number of nitrogens with one attached hydrogen (secondary N) is 1. The molecular formula is C19H14F4N4O2. The van der Waals surface area contributed by atoms with Crippen LogP contribution < -0.4 is 15.8 Å². The summed E-state index contributed by atoms with van der Waals surface area (Å²) in [4.78, 5) is 19.9. The number of carbonyl (C=O) groups is 1. The lowest BCUT2D eigenvalue weighted by atomic mass is 10.1. The van der Waals surface area contributed by atoms with Crippen molar-refractivity contribution >= 4 is 17.5 Å². The molecule has 0 aliphatic carbocycles. The minimum atomic E-state index is -4.90. The number of aromatic nitrogens is 2. The van der Waals surface area contributed by atoms with Gasteiger partial charge in [0.1, 0.15) is 12.4 Å². The van der Waals surface area contributed by atoms with Crippen LogP contribution in [0, 0.1) is 5.82 Å². The van der Waals surface area contributed by atoms with E-state index in [1.807, 2.05) is 0 Å². The van der Waals surface area contributed by atoms with Gasteiger partial charge in [0.05, 0.1) is 11.8 Å². The van der Waals surface area contributed by atoms with Gasteiger partial charge in [-0.2, -0.15) is 18.2 Å². The van der Waals surface area contributed by atoms with E-state index in [4.69, 9.17) is 10.5 Å². The van der Waals surface area contributed by atoms with E-state index in [-0.39, 0.29) is 17.5 Å². The van der Waals surface area contributed by atoms with Crippen LogP contribution >= 0.6 is 0 Å². The number of nitrogens with two attached hydrogens (primary N) is 1. The fraction of sp³-hybridized carbons (Fsp3) is 0.105. The molecule has 0 fully saturated rings. The topological polar surface area (TPSA) is 90.1 Å². The summed E-state index contributed by atoms with van der Waals surface area (Å²) in [6.07, 6.45) is -3.72. The van der Waals surface area contributed by atoms with Crippen LogP contribution in [0.2, 0.25) is 0 Å². The Balaban J connectivity index is 1.78. The van der Waals surface area contributed by atoms with E-state index >= 15 is 0 Å². The average molecular weight is 406 g/mol. The molecule has 3 rings (SSSR count). The molecule has 29 heavy (non-hydrogen) atoms. The Bertz CT molecular complexity index is 1030. The number of rotatable bonds is 5. The van der Waals surface area contributed by atoms with Gasteiger partial charge >= 0.3 is 6.18 Å². The fourth-order valence-corrected chi connectivity index (χ4v) is 2.48. The molecule has 0 aliphatic rings. The zero-order valence-electron chi connectivity index (χ0n) is 14.7. The third-order valence-corrected chi connectivity index (χ3v) is 3.79. The van der Waals surface area contributed by atoms with Crippen LogP contribution in [-0.2, 0) is 12.8 Å². The van der Waals surface area contributed by atoms with Gasteiger partial charge in [-0.3, -0.25) is 4.79 Å². The van der Waals surface area contributed by atoms with Crippen LogP contribution in [0.4, 0.5) is 29.2 Å². The third kappa shape index (κ3) is 4.78. The maximum absolute atomic E-state index is 13.6. The van der Waals surface area contributed by atoms with Crippen LogP contribution in [-0.4, -0.2) is 15.9 Å². The van der Waals surface area contributed by atoms with Crippen molar-refractivity contribution in [2.45, 2.75) is 12.8 Å². The van der Waals surface area contributed by atoms with Crippen LogP contribution in [0.3, 0.4) is 0 Å². The van der Waals surface area contributed by atoms with Gasteiger partial charge in [0.15, 0.2) is 11.6 Å². The van der Waals surface area contributed by atoms with Crippen molar-refractivity contribution in [3.63, 3.8) is 0 Å². The molecule has 0 bridgehead atoms. The van der Waals surface area contributed by atoms with Gasteiger partial charge in [0.2, 0.25) is 0 Å². The highest BCUT2D eigenvalue weighted by Crippen LogP contribution is 2.34. The molecule has 0 saturated heterocycles. The second-order valence-electron chi connectivity index (χ2n) is 5.83. The minimum absolute atomic E-state index is 0.0154. The van der Waals surface area contributed by atoms with Gasteiger partial charge in [0, 0.05) is 11.1 Å². The summed E-state index contributed by atoms with van der Waals surface area (Å²) in [5.74, 6) is -2.40. The van der Waals surface area contributed by atoms with Gasteiger partial charge in [-0.05, 0) is 18.2 Å². The number of benzene rings is 2. The Morgan fingerprint density at radius 3 is 2.52 bits per heavy atom. The highest BCUT2D eigenvalue weighted by molar-refractivity contribution is 6.03. The lowest BCUT2D eigenvalue weighted by Gasteiger charge is -2.15. The molecule has 1 amide bonds. The van der Waals surface area contributed by atoms with Crippen molar-refractivity contribution in [1.82, 2.24) is 9.97 Å². The van der Waals surface area contributed by atoms with Crippen LogP contribution in [0.15, 0.2) is 54.7 Å². The Hall–Kier alpha value is -3.69. The van der Waals surface area contributed by atoms with E-state index in [1.165, 1.54) is 6.20 Å². The molecular weight excluding hydrogens is 392 g/mol. The molecule has 0 spiro atoms. The number of carbonyl (C=O) groups excluding carboxylic acids is 1. The van der Waals surface area contributed by atoms with Crippen LogP contribution in [0.5, 0.6) is 5.88 Å². The SMILES string of the molecule is Nc1ncc(NC(=O)c2ccccc2)nc1OCc1cccc(F)c1C(F)(F)F. The second kappa shape index (κ2) is 8.13. The van der Waals surface area contributed by atoms with Crippen molar-refractivity contribution < 1.29 is 27.1 Å². The van der Waals surface area contributed by atoms with Crippen LogP contribution in [0.25, 0.3) is 0 Å². The molecule has 1 aromatic heterocycles. The van der Waals surface area contributed by atoms with Gasteiger partial charge in [-0.15, -0.1) is 0 Å². The molecule has 3 N–H and O–H groups in total. The lowest BCUT2D eigenvalue weighted by molar-refractivity contribution is -0.141. The highest BCUT2D eigenvalue weighted by atomic mass is 19.4. The maximum Gasteiger partial charge on any atom is 0.419 e. The average Bonchev–Trinajstić information content (AvgIpc) is 2.68. The molecule has 0 atom stereocenters. The first kappa shape index (κ1) is 20.1. The lowest BCUT2D eigenvalue weighted by Crippen LogP contribution is -2.15. The van der Waals surface area contributed by atoms with E-state index in [1.54, 1.807) is 30.3 Å². The monoisotopic (exact) mass is 406 g/mol. The molecule has 0 saturated carbocycles. The van der Waals surface area contributed by atoms with Gasteiger partial charge in [-0.25, -0.2) is 9.37 Å². The van der Waals surface area contributed by atoms with Gasteiger partial charge in [-0.1, -0.05) is 30.3 Å². The van der Waals surface area contributed by atoms with Crippen molar-refractivity contribution in [2.75, 3.05) is 11.1 Å². The summed E-state index contributed by atoms with van der Waals surface area (Å²) in [7, 11) is 0. The largest absolute Gasteiger partial charge is 0.470 e. The summed E-state index contributed by atoms with van der Waals surface area (Å²) in [6, 6.07) is 11.2. The summed E-state index contributed by atoms with van der Waals surface area (Å²) in [5.41, 5.74) is 4.14. The number of alkyl halides is 3.